The Morgan fingerprint density at radius 3 is 2.45 bits per heavy atom. The number of halogens is 2. The van der Waals surface area contributed by atoms with Crippen LogP contribution in [0.3, 0.4) is 0 Å². The van der Waals surface area contributed by atoms with Crippen LogP contribution in [0.2, 0.25) is 0 Å². The molecule has 1 amide bonds. The van der Waals surface area contributed by atoms with Crippen LogP contribution in [0.25, 0.3) is 0 Å². The summed E-state index contributed by atoms with van der Waals surface area (Å²) in [6.45, 7) is 2.08. The first-order valence-corrected chi connectivity index (χ1v) is 9.82. The van der Waals surface area contributed by atoms with Crippen LogP contribution < -0.4 is 25.4 Å². The van der Waals surface area contributed by atoms with Crippen LogP contribution in [0.5, 0.6) is 11.5 Å². The largest absolute Gasteiger partial charge is 0.454 e. The van der Waals surface area contributed by atoms with E-state index in [4.69, 9.17) is 9.47 Å². The fourth-order valence-corrected chi connectivity index (χ4v) is 2.97. The van der Waals surface area contributed by atoms with E-state index in [0.29, 0.717) is 24.6 Å². The van der Waals surface area contributed by atoms with Gasteiger partial charge in [0.15, 0.2) is 17.5 Å². The van der Waals surface area contributed by atoms with Crippen LogP contribution in [0.1, 0.15) is 15.9 Å². The molecule has 0 fully saturated rings. The number of hydrogen-bond acceptors (Lipinski definition) is 4. The van der Waals surface area contributed by atoms with Gasteiger partial charge in [-0.2, -0.15) is 0 Å². The van der Waals surface area contributed by atoms with Crippen molar-refractivity contribution in [1.29, 1.82) is 0 Å². The summed E-state index contributed by atoms with van der Waals surface area (Å²) in [5, 5.41) is 9.32. The maximum Gasteiger partial charge on any atom is 0.251 e. The molecule has 1 aliphatic heterocycles. The number of nitrogens with zero attached hydrogens (tertiary/aromatic N) is 1. The Hall–Kier alpha value is -2.01. The van der Waals surface area contributed by atoms with Gasteiger partial charge >= 0.3 is 0 Å². The van der Waals surface area contributed by atoms with Crippen LogP contribution >= 0.6 is 39.9 Å². The van der Waals surface area contributed by atoms with Crippen LogP contribution in [-0.4, -0.2) is 45.3 Å². The van der Waals surface area contributed by atoms with Crippen LogP contribution in [-0.2, 0) is 6.42 Å². The van der Waals surface area contributed by atoms with E-state index in [0.717, 1.165) is 34.5 Å². The number of fused-ring (bicyclic) bond motifs is 1. The van der Waals surface area contributed by atoms with Crippen molar-refractivity contribution < 1.29 is 14.3 Å². The molecule has 0 bridgehead atoms. The molecule has 2 aromatic rings. The number of nitrogens with one attached hydrogen (secondary N) is 3. The zero-order valence-electron chi connectivity index (χ0n) is 16.0. The normalized spacial score (nSPS) is 12.1. The molecule has 1 heterocycles. The Bertz CT molecular complexity index is 846. The van der Waals surface area contributed by atoms with E-state index >= 15 is 0 Å². The number of aliphatic imine (C=N–C) groups is 1. The van der Waals surface area contributed by atoms with E-state index in [9.17, 15) is 4.79 Å². The van der Waals surface area contributed by atoms with Crippen molar-refractivity contribution in [3.05, 3.63) is 58.1 Å². The lowest BCUT2D eigenvalue weighted by molar-refractivity contribution is 0.0954. The minimum absolute atomic E-state index is 0. The lowest BCUT2D eigenvalue weighted by atomic mass is 10.1. The second-order valence-electron chi connectivity index (χ2n) is 6.13. The van der Waals surface area contributed by atoms with Crippen molar-refractivity contribution in [1.82, 2.24) is 16.0 Å². The van der Waals surface area contributed by atoms with Gasteiger partial charge in [0, 0.05) is 36.7 Å². The third-order valence-corrected chi connectivity index (χ3v) is 4.70. The van der Waals surface area contributed by atoms with Crippen molar-refractivity contribution in [2.24, 2.45) is 4.99 Å². The van der Waals surface area contributed by atoms with E-state index in [2.05, 4.69) is 36.9 Å². The fourth-order valence-electron chi connectivity index (χ4n) is 2.70. The lowest BCUT2D eigenvalue weighted by Crippen LogP contribution is -2.42. The first-order valence-electron chi connectivity index (χ1n) is 9.02. The van der Waals surface area contributed by atoms with Gasteiger partial charge in [-0.25, -0.2) is 0 Å². The second-order valence-corrected chi connectivity index (χ2v) is 7.04. The van der Waals surface area contributed by atoms with Crippen molar-refractivity contribution >= 4 is 51.8 Å². The Morgan fingerprint density at radius 2 is 1.69 bits per heavy atom. The van der Waals surface area contributed by atoms with Gasteiger partial charge in [0.25, 0.3) is 5.91 Å². The number of ether oxygens (including phenoxy) is 2. The molecule has 3 N–H and O–H groups in total. The van der Waals surface area contributed by atoms with Crippen LogP contribution in [0.15, 0.2) is 51.9 Å². The fraction of sp³-hybridized carbons (Fsp3) is 0.300. The smallest absolute Gasteiger partial charge is 0.251 e. The molecular weight excluding hydrogens is 551 g/mol. The quantitative estimate of drug-likeness (QED) is 0.205. The van der Waals surface area contributed by atoms with Crippen molar-refractivity contribution in [2.75, 3.05) is 33.5 Å². The summed E-state index contributed by atoms with van der Waals surface area (Å²) in [5.41, 5.74) is 1.79. The Morgan fingerprint density at radius 1 is 1.00 bits per heavy atom. The average molecular weight is 575 g/mol. The summed E-state index contributed by atoms with van der Waals surface area (Å²) in [6, 6.07) is 13.2. The third-order valence-electron chi connectivity index (χ3n) is 4.18. The molecule has 0 radical (unpaired) electrons. The van der Waals surface area contributed by atoms with Gasteiger partial charge in [-0.15, -0.1) is 24.0 Å². The minimum atomic E-state index is -0.0972. The molecule has 0 aromatic heterocycles. The van der Waals surface area contributed by atoms with Gasteiger partial charge in [-0.3, -0.25) is 9.79 Å². The number of amides is 1. The standard InChI is InChI=1S/C20H23BrN4O3.HI/c1-22-20(24-9-8-14-2-7-17-18(12-14)28-13-27-17)25-11-10-23-19(26)15-3-5-16(21)6-4-15;/h2-7,12H,8-11,13H2,1H3,(H,23,26)(H2,22,24,25);1H. The van der Waals surface area contributed by atoms with Crippen LogP contribution in [0, 0.1) is 0 Å². The number of carbonyl (C=O) groups excluding carboxylic acids is 1. The van der Waals surface area contributed by atoms with Gasteiger partial charge in [0.2, 0.25) is 6.79 Å². The highest BCUT2D eigenvalue weighted by molar-refractivity contribution is 14.0. The summed E-state index contributed by atoms with van der Waals surface area (Å²) in [6.07, 6.45) is 0.831. The van der Waals surface area contributed by atoms with Gasteiger partial charge < -0.3 is 25.4 Å². The lowest BCUT2D eigenvalue weighted by Gasteiger charge is -2.12. The number of benzene rings is 2. The van der Waals surface area contributed by atoms with Crippen molar-refractivity contribution in [2.45, 2.75) is 6.42 Å². The van der Waals surface area contributed by atoms with Gasteiger partial charge in [-0.05, 0) is 48.4 Å². The SMILES string of the molecule is CN=C(NCCNC(=O)c1ccc(Br)cc1)NCCc1ccc2c(c1)OCO2.I. The highest BCUT2D eigenvalue weighted by atomic mass is 127. The molecule has 0 unspecified atom stereocenters. The molecule has 3 rings (SSSR count). The molecule has 0 saturated heterocycles. The molecule has 29 heavy (non-hydrogen) atoms. The zero-order chi connectivity index (χ0) is 19.8. The van der Waals surface area contributed by atoms with E-state index in [1.54, 1.807) is 19.2 Å². The average Bonchev–Trinajstić information content (AvgIpc) is 3.18. The Balaban J connectivity index is 0.00000300. The molecule has 156 valence electrons. The van der Waals surface area contributed by atoms with Gasteiger partial charge in [0.05, 0.1) is 0 Å². The predicted octanol–water partition coefficient (Wildman–Crippen LogP) is 2.93. The van der Waals surface area contributed by atoms with Gasteiger partial charge in [0.1, 0.15) is 0 Å². The number of hydrogen-bond donors (Lipinski definition) is 3. The van der Waals surface area contributed by atoms with Crippen molar-refractivity contribution in [3.63, 3.8) is 0 Å². The first-order chi connectivity index (χ1) is 13.7. The summed E-state index contributed by atoms with van der Waals surface area (Å²) in [7, 11) is 1.72. The maximum atomic E-state index is 12.1. The highest BCUT2D eigenvalue weighted by Gasteiger charge is 2.13. The summed E-state index contributed by atoms with van der Waals surface area (Å²) in [5.74, 6) is 2.18. The van der Waals surface area contributed by atoms with E-state index in [1.165, 1.54) is 0 Å². The molecule has 1 aliphatic rings. The topological polar surface area (TPSA) is 84.0 Å². The molecule has 0 aliphatic carbocycles. The Kier molecular flexibility index (Phi) is 9.52. The first kappa shape index (κ1) is 23.3. The summed E-state index contributed by atoms with van der Waals surface area (Å²) in [4.78, 5) is 16.3. The number of guanidine groups is 1. The predicted molar refractivity (Wildman–Crippen MR) is 128 cm³/mol. The number of carbonyl (C=O) groups is 1. The molecule has 0 atom stereocenters. The monoisotopic (exact) mass is 574 g/mol. The molecule has 7 nitrogen and oxygen atoms in total. The molecule has 2 aromatic carbocycles. The van der Waals surface area contributed by atoms with E-state index in [-0.39, 0.29) is 36.7 Å². The van der Waals surface area contributed by atoms with E-state index < -0.39 is 0 Å². The molecule has 9 heteroatoms. The van der Waals surface area contributed by atoms with E-state index in [1.807, 2.05) is 30.3 Å². The molecule has 0 saturated carbocycles. The third kappa shape index (κ3) is 7.07. The van der Waals surface area contributed by atoms with Crippen LogP contribution in [0.4, 0.5) is 0 Å². The number of rotatable bonds is 7. The highest BCUT2D eigenvalue weighted by Crippen LogP contribution is 2.32. The molecular formula is C20H24BrIN4O3. The maximum absolute atomic E-state index is 12.1. The van der Waals surface area contributed by atoms with Gasteiger partial charge in [-0.1, -0.05) is 22.0 Å². The van der Waals surface area contributed by atoms with Crippen molar-refractivity contribution in [3.8, 4) is 11.5 Å². The minimum Gasteiger partial charge on any atom is -0.454 e. The summed E-state index contributed by atoms with van der Waals surface area (Å²) < 4.78 is 11.7. The second kappa shape index (κ2) is 11.9. The molecule has 0 spiro atoms. The zero-order valence-corrected chi connectivity index (χ0v) is 20.0. The summed E-state index contributed by atoms with van der Waals surface area (Å²) >= 11 is 3.36. The Labute approximate surface area is 195 Å².